The Labute approximate surface area is 160 Å². The molecule has 5 aliphatic rings. The number of hydrogen-bond acceptors (Lipinski definition) is 7. The molecule has 4 saturated heterocycles. The Kier molecular flexibility index (Phi) is 5.25. The molecule has 4 heterocycles. The van der Waals surface area contributed by atoms with Gasteiger partial charge in [-0.3, -0.25) is 0 Å². The summed E-state index contributed by atoms with van der Waals surface area (Å²) in [5, 5.41) is 2.38. The van der Waals surface area contributed by atoms with Gasteiger partial charge in [0.15, 0.2) is 18.2 Å². The van der Waals surface area contributed by atoms with Crippen LogP contribution in [0.2, 0.25) is 0 Å². The van der Waals surface area contributed by atoms with E-state index in [9.17, 15) is 0 Å². The van der Waals surface area contributed by atoms with Gasteiger partial charge in [0.2, 0.25) is 5.79 Å². The van der Waals surface area contributed by atoms with E-state index in [-0.39, 0.29) is 12.2 Å². The van der Waals surface area contributed by atoms with Crippen LogP contribution in [0.4, 0.5) is 0 Å². The molecule has 6 nitrogen and oxygen atoms in total. The number of aliphatic imine (C=N–C) groups is 1. The minimum absolute atomic E-state index is 0.213. The average molecular weight is 384 g/mol. The zero-order chi connectivity index (χ0) is 18.4. The van der Waals surface area contributed by atoms with Crippen LogP contribution in [0, 0.1) is 23.7 Å². The van der Waals surface area contributed by atoms with Crippen molar-refractivity contribution in [2.24, 2.45) is 28.7 Å². The SMILES string of the molecule is C[C@H]1[C@@H](OCCCN=C=S)O[C@@H]2O[C@@]3(C)CC[C@H]4[C@H](C)CC[C@@H]1[C@@]24OO3. The fraction of sp³-hybridized carbons (Fsp3) is 0.947. The van der Waals surface area contributed by atoms with Crippen molar-refractivity contribution in [1.29, 1.82) is 0 Å². The Balaban J connectivity index is 1.55. The van der Waals surface area contributed by atoms with Crippen LogP contribution in [0.25, 0.3) is 0 Å². The Morgan fingerprint density at radius 1 is 1.19 bits per heavy atom. The molecule has 1 spiro atoms. The van der Waals surface area contributed by atoms with Gasteiger partial charge in [0.05, 0.1) is 18.3 Å². The molecule has 0 unspecified atom stereocenters. The Hall–Kier alpha value is -0.400. The van der Waals surface area contributed by atoms with Crippen LogP contribution >= 0.6 is 12.2 Å². The first-order chi connectivity index (χ1) is 12.5. The lowest BCUT2D eigenvalue weighted by atomic mass is 9.58. The highest BCUT2D eigenvalue weighted by Gasteiger charge is 2.69. The second-order valence-corrected chi connectivity index (χ2v) is 8.65. The van der Waals surface area contributed by atoms with Crippen molar-refractivity contribution in [1.82, 2.24) is 0 Å². The van der Waals surface area contributed by atoms with Gasteiger partial charge in [0, 0.05) is 18.3 Å². The molecule has 0 aromatic heterocycles. The molecule has 1 saturated carbocycles. The van der Waals surface area contributed by atoms with E-state index >= 15 is 0 Å². The third-order valence-corrected chi connectivity index (χ3v) is 6.99. The highest BCUT2D eigenvalue weighted by molar-refractivity contribution is 7.78. The summed E-state index contributed by atoms with van der Waals surface area (Å²) in [7, 11) is 0. The van der Waals surface area contributed by atoms with E-state index in [2.05, 4.69) is 36.2 Å². The topological polar surface area (TPSA) is 58.5 Å². The maximum absolute atomic E-state index is 6.35. The molecule has 4 aliphatic heterocycles. The highest BCUT2D eigenvalue weighted by Crippen LogP contribution is 2.60. The minimum atomic E-state index is -0.739. The Morgan fingerprint density at radius 3 is 2.85 bits per heavy atom. The molecule has 146 valence electrons. The predicted molar refractivity (Wildman–Crippen MR) is 97.3 cm³/mol. The molecular weight excluding hydrogens is 354 g/mol. The molecule has 5 rings (SSSR count). The summed E-state index contributed by atoms with van der Waals surface area (Å²) in [6.07, 6.45) is 4.21. The van der Waals surface area contributed by atoms with Gasteiger partial charge in [0.25, 0.3) is 0 Å². The number of isothiocyanates is 1. The molecule has 0 N–H and O–H groups in total. The molecule has 7 heteroatoms. The van der Waals surface area contributed by atoms with Crippen LogP contribution in [0.3, 0.4) is 0 Å². The van der Waals surface area contributed by atoms with Crippen molar-refractivity contribution in [3.05, 3.63) is 0 Å². The van der Waals surface area contributed by atoms with Crippen LogP contribution in [0.5, 0.6) is 0 Å². The van der Waals surface area contributed by atoms with Gasteiger partial charge in [0.1, 0.15) is 0 Å². The van der Waals surface area contributed by atoms with Crippen LogP contribution in [0.1, 0.15) is 52.9 Å². The first-order valence-corrected chi connectivity index (χ1v) is 10.3. The second-order valence-electron chi connectivity index (χ2n) is 8.47. The summed E-state index contributed by atoms with van der Waals surface area (Å²) in [5.41, 5.74) is -0.519. The monoisotopic (exact) mass is 383 g/mol. The van der Waals surface area contributed by atoms with E-state index in [1.54, 1.807) is 0 Å². The molecule has 0 amide bonds. The maximum atomic E-state index is 6.35. The van der Waals surface area contributed by atoms with Gasteiger partial charge >= 0.3 is 0 Å². The van der Waals surface area contributed by atoms with Crippen molar-refractivity contribution in [2.75, 3.05) is 13.2 Å². The summed E-state index contributed by atoms with van der Waals surface area (Å²) in [5.74, 6) is 0.730. The summed E-state index contributed by atoms with van der Waals surface area (Å²) in [6, 6.07) is 0. The standard InChI is InChI=1S/C19H29NO5S/c1-12-5-6-15-13(2)16(21-10-4-9-20-11-26)22-17-19(15)14(12)7-8-18(3,23-17)24-25-19/h12-17H,4-10H2,1-3H3/t12-,13-,14+,15+,16+,17-,18-,19-/m1/s1. The van der Waals surface area contributed by atoms with Crippen molar-refractivity contribution in [2.45, 2.75) is 76.8 Å². The molecule has 0 aromatic rings. The third kappa shape index (κ3) is 2.98. The van der Waals surface area contributed by atoms with E-state index in [0.717, 1.165) is 25.7 Å². The summed E-state index contributed by atoms with van der Waals surface area (Å²) < 4.78 is 18.7. The van der Waals surface area contributed by atoms with Crippen LogP contribution in [0.15, 0.2) is 4.99 Å². The largest absolute Gasteiger partial charge is 0.352 e. The van der Waals surface area contributed by atoms with Gasteiger partial charge in [-0.15, -0.1) is 0 Å². The van der Waals surface area contributed by atoms with E-state index in [4.69, 9.17) is 24.0 Å². The number of nitrogens with zero attached hydrogens (tertiary/aromatic N) is 1. The number of fused-ring (bicyclic) bond motifs is 2. The van der Waals surface area contributed by atoms with Gasteiger partial charge in [-0.2, -0.15) is 0 Å². The van der Waals surface area contributed by atoms with E-state index < -0.39 is 17.7 Å². The lowest BCUT2D eigenvalue weighted by Gasteiger charge is -2.60. The highest BCUT2D eigenvalue weighted by atomic mass is 32.1. The van der Waals surface area contributed by atoms with Crippen LogP contribution < -0.4 is 0 Å². The zero-order valence-electron chi connectivity index (χ0n) is 15.8. The zero-order valence-corrected chi connectivity index (χ0v) is 16.6. The Morgan fingerprint density at radius 2 is 2.04 bits per heavy atom. The fourth-order valence-electron chi connectivity index (χ4n) is 5.45. The molecule has 26 heavy (non-hydrogen) atoms. The third-order valence-electron chi connectivity index (χ3n) is 6.86. The molecule has 8 atom stereocenters. The van der Waals surface area contributed by atoms with Crippen LogP contribution in [-0.4, -0.2) is 42.3 Å². The molecule has 0 radical (unpaired) electrons. The normalized spacial score (nSPS) is 49.8. The van der Waals surface area contributed by atoms with E-state index in [1.165, 1.54) is 6.42 Å². The number of hydrogen-bond donors (Lipinski definition) is 0. The number of ether oxygens (including phenoxy) is 3. The lowest BCUT2D eigenvalue weighted by Crippen LogP contribution is -2.70. The molecular formula is C19H29NO5S. The smallest absolute Gasteiger partial charge is 0.201 e. The van der Waals surface area contributed by atoms with Gasteiger partial charge in [-0.1, -0.05) is 13.8 Å². The number of rotatable bonds is 5. The first kappa shape index (κ1) is 18.9. The van der Waals surface area contributed by atoms with Crippen LogP contribution in [-0.2, 0) is 24.0 Å². The van der Waals surface area contributed by atoms with Gasteiger partial charge in [-0.25, -0.2) is 14.8 Å². The average Bonchev–Trinajstić information content (AvgIpc) is 2.85. The summed E-state index contributed by atoms with van der Waals surface area (Å²) in [6.45, 7) is 7.67. The van der Waals surface area contributed by atoms with E-state index in [0.29, 0.717) is 30.9 Å². The van der Waals surface area contributed by atoms with Gasteiger partial charge < -0.3 is 14.2 Å². The fourth-order valence-corrected chi connectivity index (χ4v) is 5.54. The van der Waals surface area contributed by atoms with Crippen molar-refractivity contribution in [3.63, 3.8) is 0 Å². The molecule has 2 bridgehead atoms. The van der Waals surface area contributed by atoms with E-state index in [1.807, 2.05) is 6.92 Å². The summed E-state index contributed by atoms with van der Waals surface area (Å²) >= 11 is 4.60. The first-order valence-electron chi connectivity index (χ1n) is 9.85. The van der Waals surface area contributed by atoms with Gasteiger partial charge in [-0.05, 0) is 56.7 Å². The quantitative estimate of drug-likeness (QED) is 0.312. The minimum Gasteiger partial charge on any atom is -0.352 e. The molecule has 5 fully saturated rings. The Bertz CT molecular complexity index is 584. The number of thiocarbonyl (C=S) groups is 1. The lowest BCUT2D eigenvalue weighted by molar-refractivity contribution is -0.577. The van der Waals surface area contributed by atoms with Crippen molar-refractivity contribution < 1.29 is 24.0 Å². The second kappa shape index (κ2) is 7.21. The van der Waals surface area contributed by atoms with Crippen molar-refractivity contribution >= 4 is 17.4 Å². The molecule has 1 aliphatic carbocycles. The summed E-state index contributed by atoms with van der Waals surface area (Å²) in [4.78, 5) is 15.9. The van der Waals surface area contributed by atoms with Crippen molar-refractivity contribution in [3.8, 4) is 0 Å². The molecule has 0 aromatic carbocycles. The predicted octanol–water partition coefficient (Wildman–Crippen LogP) is 3.70. The maximum Gasteiger partial charge on any atom is 0.201 e.